The molecule has 0 amide bonds. The molecule has 1 heterocycles. The summed E-state index contributed by atoms with van der Waals surface area (Å²) in [5.74, 6) is 0. The molecule has 0 aliphatic rings. The van der Waals surface area contributed by atoms with E-state index in [-0.39, 0.29) is 0 Å². The SMILES string of the molecule is Cn1nc(Cl)c2cccc(CNO)c21. The van der Waals surface area contributed by atoms with Gasteiger partial charge in [-0.05, 0) is 11.6 Å². The van der Waals surface area contributed by atoms with Gasteiger partial charge in [-0.1, -0.05) is 23.7 Å². The lowest BCUT2D eigenvalue weighted by Gasteiger charge is -2.02. The third-order valence-electron chi connectivity index (χ3n) is 2.17. The average molecular weight is 212 g/mol. The van der Waals surface area contributed by atoms with Crippen LogP contribution in [0, 0.1) is 0 Å². The zero-order valence-electron chi connectivity index (χ0n) is 7.66. The Morgan fingerprint density at radius 3 is 3.07 bits per heavy atom. The number of aryl methyl sites for hydroxylation is 1. The Morgan fingerprint density at radius 2 is 2.36 bits per heavy atom. The quantitative estimate of drug-likeness (QED) is 0.744. The molecular weight excluding hydrogens is 202 g/mol. The number of aromatic nitrogens is 2. The van der Waals surface area contributed by atoms with Crippen LogP contribution in [0.2, 0.25) is 5.15 Å². The highest BCUT2D eigenvalue weighted by Gasteiger charge is 2.09. The minimum absolute atomic E-state index is 0.382. The second kappa shape index (κ2) is 3.57. The fourth-order valence-electron chi connectivity index (χ4n) is 1.60. The van der Waals surface area contributed by atoms with E-state index in [4.69, 9.17) is 16.8 Å². The van der Waals surface area contributed by atoms with Crippen molar-refractivity contribution in [3.8, 4) is 0 Å². The van der Waals surface area contributed by atoms with Crippen LogP contribution in [-0.4, -0.2) is 15.0 Å². The highest BCUT2D eigenvalue weighted by molar-refractivity contribution is 6.34. The van der Waals surface area contributed by atoms with Gasteiger partial charge in [0.15, 0.2) is 5.15 Å². The average Bonchev–Trinajstić information content (AvgIpc) is 2.44. The van der Waals surface area contributed by atoms with E-state index in [0.717, 1.165) is 16.5 Å². The van der Waals surface area contributed by atoms with Gasteiger partial charge in [0.1, 0.15) is 0 Å². The Hall–Kier alpha value is -1.10. The molecule has 0 aliphatic heterocycles. The number of hydroxylamine groups is 1. The molecule has 2 N–H and O–H groups in total. The summed E-state index contributed by atoms with van der Waals surface area (Å²) in [6.45, 7) is 0.382. The van der Waals surface area contributed by atoms with Crippen molar-refractivity contribution in [1.29, 1.82) is 0 Å². The first-order valence-corrected chi connectivity index (χ1v) is 4.59. The number of halogens is 1. The zero-order chi connectivity index (χ0) is 10.1. The first-order valence-electron chi connectivity index (χ1n) is 4.21. The summed E-state index contributed by atoms with van der Waals surface area (Å²) in [5, 5.41) is 14.2. The number of benzene rings is 1. The standard InChI is InChI=1S/C9H10ClN3O/c1-13-8-6(5-11-14)3-2-4-7(8)9(10)12-13/h2-4,11,14H,5H2,1H3. The third-order valence-corrected chi connectivity index (χ3v) is 2.45. The second-order valence-electron chi connectivity index (χ2n) is 3.06. The van der Waals surface area contributed by atoms with E-state index in [1.165, 1.54) is 0 Å². The third kappa shape index (κ3) is 1.37. The number of hydrogen-bond donors (Lipinski definition) is 2. The van der Waals surface area contributed by atoms with E-state index in [2.05, 4.69) is 10.6 Å². The van der Waals surface area contributed by atoms with Gasteiger partial charge in [-0.3, -0.25) is 4.68 Å². The predicted octanol–water partition coefficient (Wildman–Crippen LogP) is 1.71. The molecule has 74 valence electrons. The Bertz CT molecular complexity index is 466. The van der Waals surface area contributed by atoms with Gasteiger partial charge in [-0.2, -0.15) is 5.10 Å². The molecule has 2 aromatic rings. The van der Waals surface area contributed by atoms with E-state index >= 15 is 0 Å². The summed E-state index contributed by atoms with van der Waals surface area (Å²) in [6.07, 6.45) is 0. The Morgan fingerprint density at radius 1 is 1.57 bits per heavy atom. The Kier molecular flexibility index (Phi) is 2.41. The topological polar surface area (TPSA) is 50.1 Å². The summed E-state index contributed by atoms with van der Waals surface area (Å²) in [6, 6.07) is 5.72. The lowest BCUT2D eigenvalue weighted by Crippen LogP contribution is -2.07. The fourth-order valence-corrected chi connectivity index (χ4v) is 1.87. The number of para-hydroxylation sites is 1. The van der Waals surface area contributed by atoms with E-state index in [1.807, 2.05) is 25.2 Å². The van der Waals surface area contributed by atoms with Crippen molar-refractivity contribution in [2.45, 2.75) is 6.54 Å². The van der Waals surface area contributed by atoms with Gasteiger partial charge < -0.3 is 5.21 Å². The van der Waals surface area contributed by atoms with Crippen LogP contribution in [0.1, 0.15) is 5.56 Å². The number of hydrogen-bond acceptors (Lipinski definition) is 3. The molecule has 0 fully saturated rings. The molecule has 2 rings (SSSR count). The molecule has 0 spiro atoms. The lowest BCUT2D eigenvalue weighted by molar-refractivity contribution is 0.161. The van der Waals surface area contributed by atoms with Crippen LogP contribution in [0.5, 0.6) is 0 Å². The van der Waals surface area contributed by atoms with Crippen molar-refractivity contribution in [3.63, 3.8) is 0 Å². The number of nitrogens with zero attached hydrogens (tertiary/aromatic N) is 2. The van der Waals surface area contributed by atoms with Crippen molar-refractivity contribution in [1.82, 2.24) is 15.3 Å². The van der Waals surface area contributed by atoms with Crippen LogP contribution in [0.4, 0.5) is 0 Å². The van der Waals surface area contributed by atoms with Gasteiger partial charge in [-0.25, -0.2) is 5.48 Å². The molecule has 5 heteroatoms. The van der Waals surface area contributed by atoms with Crippen molar-refractivity contribution in [3.05, 3.63) is 28.9 Å². The second-order valence-corrected chi connectivity index (χ2v) is 3.42. The van der Waals surface area contributed by atoms with Gasteiger partial charge in [0.2, 0.25) is 0 Å². The molecule has 1 aromatic carbocycles. The van der Waals surface area contributed by atoms with Gasteiger partial charge >= 0.3 is 0 Å². The van der Waals surface area contributed by atoms with Crippen LogP contribution in [0.15, 0.2) is 18.2 Å². The molecule has 0 radical (unpaired) electrons. The first kappa shape index (κ1) is 9.45. The van der Waals surface area contributed by atoms with Crippen molar-refractivity contribution in [2.24, 2.45) is 7.05 Å². The molecule has 14 heavy (non-hydrogen) atoms. The largest absolute Gasteiger partial charge is 0.316 e. The molecule has 0 saturated heterocycles. The normalized spacial score (nSPS) is 11.1. The van der Waals surface area contributed by atoms with Crippen LogP contribution >= 0.6 is 11.6 Å². The molecule has 0 bridgehead atoms. The van der Waals surface area contributed by atoms with Crippen LogP contribution < -0.4 is 5.48 Å². The van der Waals surface area contributed by atoms with Crippen LogP contribution in [0.25, 0.3) is 10.9 Å². The van der Waals surface area contributed by atoms with Crippen LogP contribution in [-0.2, 0) is 13.6 Å². The first-order chi connectivity index (χ1) is 6.74. The fraction of sp³-hybridized carbons (Fsp3) is 0.222. The van der Waals surface area contributed by atoms with Crippen molar-refractivity contribution >= 4 is 22.5 Å². The van der Waals surface area contributed by atoms with E-state index in [0.29, 0.717) is 11.7 Å². The number of rotatable bonds is 2. The molecule has 0 unspecified atom stereocenters. The van der Waals surface area contributed by atoms with E-state index in [9.17, 15) is 0 Å². The number of nitrogens with one attached hydrogen (secondary N) is 1. The highest BCUT2D eigenvalue weighted by atomic mass is 35.5. The molecular formula is C9H10ClN3O. The molecule has 0 saturated carbocycles. The van der Waals surface area contributed by atoms with E-state index in [1.54, 1.807) is 4.68 Å². The highest BCUT2D eigenvalue weighted by Crippen LogP contribution is 2.24. The van der Waals surface area contributed by atoms with Crippen molar-refractivity contribution < 1.29 is 5.21 Å². The molecule has 1 aromatic heterocycles. The summed E-state index contributed by atoms with van der Waals surface area (Å²) in [7, 11) is 1.83. The molecule has 0 aliphatic carbocycles. The maximum absolute atomic E-state index is 8.66. The summed E-state index contributed by atoms with van der Waals surface area (Å²) in [4.78, 5) is 0. The van der Waals surface area contributed by atoms with Gasteiger partial charge in [0.25, 0.3) is 0 Å². The monoisotopic (exact) mass is 211 g/mol. The van der Waals surface area contributed by atoms with E-state index < -0.39 is 0 Å². The summed E-state index contributed by atoms with van der Waals surface area (Å²) in [5.41, 5.74) is 4.04. The number of fused-ring (bicyclic) bond motifs is 1. The molecule has 4 nitrogen and oxygen atoms in total. The van der Waals surface area contributed by atoms with Crippen molar-refractivity contribution in [2.75, 3.05) is 0 Å². The molecule has 0 atom stereocenters. The Balaban J connectivity index is 2.72. The summed E-state index contributed by atoms with van der Waals surface area (Å²) < 4.78 is 1.71. The van der Waals surface area contributed by atoms with Gasteiger partial charge in [0, 0.05) is 19.0 Å². The van der Waals surface area contributed by atoms with Crippen LogP contribution in [0.3, 0.4) is 0 Å². The predicted molar refractivity (Wildman–Crippen MR) is 54.4 cm³/mol. The summed E-state index contributed by atoms with van der Waals surface area (Å²) >= 11 is 5.94. The van der Waals surface area contributed by atoms with Gasteiger partial charge in [0.05, 0.1) is 5.52 Å². The minimum Gasteiger partial charge on any atom is -0.316 e. The zero-order valence-corrected chi connectivity index (χ0v) is 8.41. The van der Waals surface area contributed by atoms with Gasteiger partial charge in [-0.15, -0.1) is 0 Å². The minimum atomic E-state index is 0.382. The maximum Gasteiger partial charge on any atom is 0.158 e. The lowest BCUT2D eigenvalue weighted by atomic mass is 10.1. The maximum atomic E-state index is 8.66. The smallest absolute Gasteiger partial charge is 0.158 e. The Labute approximate surface area is 86.1 Å².